The molecule has 0 fully saturated rings. The second kappa shape index (κ2) is 7.76. The number of hydrogen-bond acceptors (Lipinski definition) is 3. The fraction of sp³-hybridized carbons (Fsp3) is 0.308. The molecule has 2 rings (SSSR count). The van der Waals surface area contributed by atoms with Crippen LogP contribution in [0.2, 0.25) is 0 Å². The number of aromatic nitrogens is 2. The summed E-state index contributed by atoms with van der Waals surface area (Å²) in [7, 11) is 0. The molecular weight excluding hydrogens is 269 g/mol. The molecule has 1 aromatic heterocycles. The summed E-state index contributed by atoms with van der Waals surface area (Å²) in [5.74, 6) is 0.269. The maximum atomic E-state index is 12.1. The molecule has 0 atom stereocenters. The molecule has 0 aliphatic carbocycles. The van der Waals surface area contributed by atoms with Crippen LogP contribution >= 0.6 is 12.4 Å². The van der Waals surface area contributed by atoms with Gasteiger partial charge in [-0.3, -0.25) is 4.68 Å². The molecular formula is C13H17ClFN3O. The minimum absolute atomic E-state index is 0. The van der Waals surface area contributed by atoms with Gasteiger partial charge in [-0.15, -0.1) is 12.4 Å². The number of phenolic OH excluding ortho intramolecular Hbond substituents is 1. The summed E-state index contributed by atoms with van der Waals surface area (Å²) in [5, 5.41) is 16.6. The molecule has 0 aliphatic heterocycles. The lowest BCUT2D eigenvalue weighted by Gasteiger charge is -2.03. The Morgan fingerprint density at radius 2 is 2.05 bits per heavy atom. The first-order valence-corrected chi connectivity index (χ1v) is 5.84. The summed E-state index contributed by atoms with van der Waals surface area (Å²) < 4.78 is 13.7. The van der Waals surface area contributed by atoms with Gasteiger partial charge >= 0.3 is 0 Å². The van der Waals surface area contributed by atoms with Gasteiger partial charge in [0.1, 0.15) is 12.4 Å². The van der Waals surface area contributed by atoms with Crippen LogP contribution in [0.5, 0.6) is 5.75 Å². The zero-order chi connectivity index (χ0) is 12.8. The van der Waals surface area contributed by atoms with E-state index in [4.69, 9.17) is 0 Å². The van der Waals surface area contributed by atoms with Gasteiger partial charge < -0.3 is 10.4 Å². The van der Waals surface area contributed by atoms with E-state index in [-0.39, 0.29) is 18.2 Å². The van der Waals surface area contributed by atoms with Crippen LogP contribution in [-0.2, 0) is 19.6 Å². The zero-order valence-electron chi connectivity index (χ0n) is 10.4. The highest BCUT2D eigenvalue weighted by Crippen LogP contribution is 2.10. The highest BCUT2D eigenvalue weighted by atomic mass is 35.5. The summed E-state index contributed by atoms with van der Waals surface area (Å²) in [6, 6.07) is 7.12. The van der Waals surface area contributed by atoms with Crippen molar-refractivity contribution < 1.29 is 9.50 Å². The van der Waals surface area contributed by atoms with Crippen molar-refractivity contribution in [1.82, 2.24) is 15.1 Å². The minimum Gasteiger partial charge on any atom is -0.508 e. The second-order valence-corrected chi connectivity index (χ2v) is 4.07. The van der Waals surface area contributed by atoms with Crippen molar-refractivity contribution in [3.05, 3.63) is 47.8 Å². The van der Waals surface area contributed by atoms with E-state index in [0.29, 0.717) is 19.6 Å². The van der Waals surface area contributed by atoms with Crippen LogP contribution in [-0.4, -0.2) is 21.6 Å². The number of alkyl halides is 1. The molecule has 0 amide bonds. The number of phenols is 1. The number of benzene rings is 1. The smallest absolute Gasteiger partial charge is 0.115 e. The third-order valence-electron chi connectivity index (χ3n) is 2.57. The summed E-state index contributed by atoms with van der Waals surface area (Å²) in [5.41, 5.74) is 2.04. The average molecular weight is 286 g/mol. The fourth-order valence-corrected chi connectivity index (χ4v) is 1.72. The molecule has 6 heteroatoms. The number of hydrogen-bond donors (Lipinski definition) is 2. The standard InChI is InChI=1S/C13H16FN3O.ClH/c14-4-5-17-10-12(9-16-17)8-15-7-11-2-1-3-13(18)6-11;/h1-3,6,9-10,15,18H,4-5,7-8H2;1H. The Kier molecular flexibility index (Phi) is 6.32. The van der Waals surface area contributed by atoms with Crippen LogP contribution in [0.15, 0.2) is 36.7 Å². The van der Waals surface area contributed by atoms with Gasteiger partial charge in [-0.2, -0.15) is 5.10 Å². The van der Waals surface area contributed by atoms with Gasteiger partial charge in [0.25, 0.3) is 0 Å². The lowest BCUT2D eigenvalue weighted by atomic mass is 10.2. The molecule has 2 N–H and O–H groups in total. The molecule has 104 valence electrons. The second-order valence-electron chi connectivity index (χ2n) is 4.07. The molecule has 0 bridgehead atoms. The van der Waals surface area contributed by atoms with Gasteiger partial charge in [0, 0.05) is 24.8 Å². The van der Waals surface area contributed by atoms with Crippen LogP contribution in [0.3, 0.4) is 0 Å². The molecule has 2 aromatic rings. The van der Waals surface area contributed by atoms with E-state index in [1.807, 2.05) is 18.3 Å². The van der Waals surface area contributed by atoms with E-state index in [2.05, 4.69) is 10.4 Å². The number of nitrogens with zero attached hydrogens (tertiary/aromatic N) is 2. The van der Waals surface area contributed by atoms with Gasteiger partial charge in [-0.05, 0) is 17.7 Å². The highest BCUT2D eigenvalue weighted by Gasteiger charge is 1.99. The molecule has 4 nitrogen and oxygen atoms in total. The van der Waals surface area contributed by atoms with Crippen LogP contribution in [0.1, 0.15) is 11.1 Å². The predicted molar refractivity (Wildman–Crippen MR) is 74.1 cm³/mol. The summed E-state index contributed by atoms with van der Waals surface area (Å²) >= 11 is 0. The normalized spacial score (nSPS) is 10.2. The van der Waals surface area contributed by atoms with E-state index >= 15 is 0 Å². The Labute approximate surface area is 117 Å². The maximum Gasteiger partial charge on any atom is 0.115 e. The minimum atomic E-state index is -0.405. The van der Waals surface area contributed by atoms with Crippen LogP contribution in [0, 0.1) is 0 Å². The van der Waals surface area contributed by atoms with Crippen LogP contribution in [0.25, 0.3) is 0 Å². The number of aryl methyl sites for hydroxylation is 1. The topological polar surface area (TPSA) is 50.1 Å². The SMILES string of the molecule is Cl.Oc1cccc(CNCc2cnn(CCF)c2)c1. The van der Waals surface area contributed by atoms with Crippen molar-refractivity contribution in [1.29, 1.82) is 0 Å². The fourth-order valence-electron chi connectivity index (χ4n) is 1.72. The Balaban J connectivity index is 0.00000180. The molecule has 0 saturated heterocycles. The van der Waals surface area contributed by atoms with Crippen molar-refractivity contribution in [2.45, 2.75) is 19.6 Å². The number of aromatic hydroxyl groups is 1. The number of halogens is 2. The largest absolute Gasteiger partial charge is 0.508 e. The quantitative estimate of drug-likeness (QED) is 0.856. The van der Waals surface area contributed by atoms with E-state index < -0.39 is 6.67 Å². The molecule has 0 unspecified atom stereocenters. The summed E-state index contributed by atoms with van der Waals surface area (Å²) in [4.78, 5) is 0. The van der Waals surface area contributed by atoms with Gasteiger partial charge in [-0.1, -0.05) is 12.1 Å². The number of nitrogens with one attached hydrogen (secondary N) is 1. The van der Waals surface area contributed by atoms with Crippen LogP contribution < -0.4 is 5.32 Å². The van der Waals surface area contributed by atoms with E-state index in [0.717, 1.165) is 11.1 Å². The zero-order valence-corrected chi connectivity index (χ0v) is 11.2. The monoisotopic (exact) mass is 285 g/mol. The first-order chi connectivity index (χ1) is 8.78. The molecule has 1 aromatic carbocycles. The first-order valence-electron chi connectivity index (χ1n) is 5.84. The predicted octanol–water partition coefficient (Wildman–Crippen LogP) is 2.27. The van der Waals surface area contributed by atoms with Gasteiger partial charge in [-0.25, -0.2) is 4.39 Å². The molecule has 19 heavy (non-hydrogen) atoms. The molecule has 0 aliphatic rings. The van der Waals surface area contributed by atoms with Crippen molar-refractivity contribution in [3.63, 3.8) is 0 Å². The van der Waals surface area contributed by atoms with Gasteiger partial charge in [0.05, 0.1) is 12.7 Å². The van der Waals surface area contributed by atoms with Crippen molar-refractivity contribution in [3.8, 4) is 5.75 Å². The summed E-state index contributed by atoms with van der Waals surface area (Å²) in [6.45, 7) is 1.23. The number of rotatable bonds is 6. The van der Waals surface area contributed by atoms with Crippen molar-refractivity contribution in [2.24, 2.45) is 0 Å². The lowest BCUT2D eigenvalue weighted by Crippen LogP contribution is -2.12. The van der Waals surface area contributed by atoms with Crippen molar-refractivity contribution in [2.75, 3.05) is 6.67 Å². The Morgan fingerprint density at radius 1 is 1.26 bits per heavy atom. The van der Waals surface area contributed by atoms with Gasteiger partial charge in [0.15, 0.2) is 0 Å². The Bertz CT molecular complexity index is 504. The third kappa shape index (κ3) is 4.89. The van der Waals surface area contributed by atoms with E-state index in [9.17, 15) is 9.50 Å². The van der Waals surface area contributed by atoms with Crippen molar-refractivity contribution >= 4 is 12.4 Å². The molecule has 0 spiro atoms. The van der Waals surface area contributed by atoms with Crippen LogP contribution in [0.4, 0.5) is 4.39 Å². The van der Waals surface area contributed by atoms with E-state index in [1.165, 1.54) is 0 Å². The Hall–Kier alpha value is -1.59. The summed E-state index contributed by atoms with van der Waals surface area (Å²) in [6.07, 6.45) is 3.56. The maximum absolute atomic E-state index is 12.1. The average Bonchev–Trinajstić information content (AvgIpc) is 2.78. The van der Waals surface area contributed by atoms with Gasteiger partial charge in [0.2, 0.25) is 0 Å². The lowest BCUT2D eigenvalue weighted by molar-refractivity contribution is 0.427. The Morgan fingerprint density at radius 3 is 2.79 bits per heavy atom. The molecule has 0 radical (unpaired) electrons. The molecule has 0 saturated carbocycles. The highest BCUT2D eigenvalue weighted by molar-refractivity contribution is 5.85. The first kappa shape index (κ1) is 15.5. The van der Waals surface area contributed by atoms with E-state index in [1.54, 1.807) is 23.0 Å². The molecule has 1 heterocycles. The third-order valence-corrected chi connectivity index (χ3v) is 2.57.